The molecule has 25 atom stereocenters. The number of likely N-dealkylation sites (N-methyl/N-ethyl adjacent to an activating group) is 2. The summed E-state index contributed by atoms with van der Waals surface area (Å²) in [7, 11) is 6.98. The number of halogens is 1. The second kappa shape index (κ2) is 25.8. The maximum absolute atomic E-state index is 17.8. The van der Waals surface area contributed by atoms with E-state index >= 15 is 4.39 Å². The van der Waals surface area contributed by atoms with Crippen molar-refractivity contribution in [1.29, 1.82) is 0 Å². The molecule has 0 amide bonds. The number of ketones is 1. The molecule has 0 aromatic heterocycles. The van der Waals surface area contributed by atoms with Crippen LogP contribution in [0.2, 0.25) is 0 Å². The van der Waals surface area contributed by atoms with E-state index in [0.29, 0.717) is 44.2 Å². The molecule has 84 heavy (non-hydrogen) atoms. The number of rotatable bonds is 14. The Morgan fingerprint density at radius 3 is 2.21 bits per heavy atom. The van der Waals surface area contributed by atoms with E-state index in [0.717, 1.165) is 0 Å². The molecule has 3 saturated heterocycles. The van der Waals surface area contributed by atoms with Crippen molar-refractivity contribution in [2.75, 3.05) is 41.4 Å². The van der Waals surface area contributed by atoms with Crippen LogP contribution in [0.15, 0.2) is 23.8 Å². The third-order valence-electron chi connectivity index (χ3n) is 21.8. The topological polar surface area (TPSA) is 270 Å². The van der Waals surface area contributed by atoms with E-state index in [1.807, 2.05) is 30.8 Å². The lowest BCUT2D eigenvalue weighted by atomic mass is 9.45. The summed E-state index contributed by atoms with van der Waals surface area (Å²) in [6.45, 7) is 20.7. The van der Waals surface area contributed by atoms with Crippen LogP contribution in [0.3, 0.4) is 0 Å². The molecule has 0 bridgehead atoms. The number of alkyl halides is 1. The number of fused-ring (bicyclic) bond motifs is 5. The van der Waals surface area contributed by atoms with Crippen LogP contribution in [-0.2, 0) is 57.1 Å². The Morgan fingerprint density at radius 2 is 1.57 bits per heavy atom. The van der Waals surface area contributed by atoms with E-state index in [2.05, 4.69) is 0 Å². The molecule has 3 saturated carbocycles. The first-order valence-electron chi connectivity index (χ1n) is 31.0. The highest BCUT2D eigenvalue weighted by molar-refractivity contribution is 6.01. The molecule has 6 unspecified atom stereocenters. The Balaban J connectivity index is 1.09. The third kappa shape index (κ3) is 12.5. The summed E-state index contributed by atoms with van der Waals surface area (Å²) in [5.74, 6) is -6.26. The van der Waals surface area contributed by atoms with Crippen molar-refractivity contribution in [2.24, 2.45) is 40.4 Å². The van der Waals surface area contributed by atoms with Crippen LogP contribution in [0.4, 0.5) is 4.39 Å². The number of unbranched alkanes of at least 4 members (excludes halogenated alkanes) is 1. The van der Waals surface area contributed by atoms with Gasteiger partial charge in [0.1, 0.15) is 23.9 Å². The van der Waals surface area contributed by atoms with Crippen molar-refractivity contribution in [3.63, 3.8) is 0 Å². The van der Waals surface area contributed by atoms with Gasteiger partial charge in [0, 0.05) is 48.7 Å². The first-order valence-corrected chi connectivity index (χ1v) is 31.0. The quantitative estimate of drug-likeness (QED) is 0.0735. The summed E-state index contributed by atoms with van der Waals surface area (Å²) in [6.07, 6.45) is -5.14. The molecule has 0 aromatic carbocycles. The smallest absolute Gasteiger partial charge is 0.338 e. The molecule has 480 valence electrons. The van der Waals surface area contributed by atoms with Crippen molar-refractivity contribution in [1.82, 2.24) is 9.80 Å². The Labute approximate surface area is 497 Å². The highest BCUT2D eigenvalue weighted by Gasteiger charge is 2.76. The second-order valence-electron chi connectivity index (χ2n) is 27.7. The first-order chi connectivity index (χ1) is 39.0. The maximum atomic E-state index is 17.8. The number of carbonyl (C=O) groups excluding carboxylic acids is 4. The Bertz CT molecular complexity index is 2410. The van der Waals surface area contributed by atoms with E-state index in [1.165, 1.54) is 26.2 Å². The van der Waals surface area contributed by atoms with Crippen molar-refractivity contribution >= 4 is 23.7 Å². The van der Waals surface area contributed by atoms with Crippen LogP contribution in [0, 0.1) is 40.4 Å². The van der Waals surface area contributed by atoms with Gasteiger partial charge in [0.15, 0.2) is 35.7 Å². The van der Waals surface area contributed by atoms with Gasteiger partial charge in [0.2, 0.25) is 0 Å². The van der Waals surface area contributed by atoms with Gasteiger partial charge in [0.25, 0.3) is 0 Å². The fourth-order valence-electron chi connectivity index (χ4n) is 16.2. The molecule has 4 aliphatic carbocycles. The van der Waals surface area contributed by atoms with Gasteiger partial charge in [-0.3, -0.25) is 14.4 Å². The summed E-state index contributed by atoms with van der Waals surface area (Å²) in [4.78, 5) is 59.0. The fourth-order valence-corrected chi connectivity index (χ4v) is 16.2. The van der Waals surface area contributed by atoms with Gasteiger partial charge in [-0.2, -0.15) is 0 Å². The largest absolute Gasteiger partial charge is 0.464 e. The molecule has 7 rings (SSSR count). The van der Waals surface area contributed by atoms with Crippen molar-refractivity contribution in [2.45, 2.75) is 268 Å². The number of carbonyl (C=O) groups is 4. The molecule has 6 fully saturated rings. The van der Waals surface area contributed by atoms with Gasteiger partial charge in [-0.1, -0.05) is 39.3 Å². The number of cyclic esters (lactones) is 1. The number of ether oxygens (including phenoxy) is 8. The lowest BCUT2D eigenvalue weighted by Gasteiger charge is -2.62. The van der Waals surface area contributed by atoms with Crippen molar-refractivity contribution in [3.05, 3.63) is 23.8 Å². The molecule has 6 N–H and O–H groups in total. The van der Waals surface area contributed by atoms with Crippen LogP contribution in [0.5, 0.6) is 0 Å². The van der Waals surface area contributed by atoms with Gasteiger partial charge in [0.05, 0.1) is 60.3 Å². The van der Waals surface area contributed by atoms with E-state index in [-0.39, 0.29) is 57.3 Å². The highest BCUT2D eigenvalue weighted by atomic mass is 19.1. The Morgan fingerprint density at radius 1 is 0.893 bits per heavy atom. The van der Waals surface area contributed by atoms with Crippen molar-refractivity contribution < 1.29 is 92.1 Å². The summed E-state index contributed by atoms with van der Waals surface area (Å²) >= 11 is 0. The molecule has 0 radical (unpaired) electrons. The number of methoxy groups -OCH3 is 1. The maximum Gasteiger partial charge on any atom is 0.338 e. The van der Waals surface area contributed by atoms with Crippen LogP contribution in [0.1, 0.15) is 160 Å². The number of nitrogens with zero attached hydrogens (tertiary/aromatic N) is 2. The number of aliphatic hydroxyl groups is 6. The van der Waals surface area contributed by atoms with Crippen LogP contribution < -0.4 is 0 Å². The van der Waals surface area contributed by atoms with E-state index < -0.39 is 166 Å². The van der Waals surface area contributed by atoms with Crippen LogP contribution in [0.25, 0.3) is 0 Å². The van der Waals surface area contributed by atoms with Crippen LogP contribution in [-0.4, -0.2) is 213 Å². The minimum absolute atomic E-state index is 0.0522. The number of allylic oxidation sites excluding steroid dienone is 4. The molecular weight excluding hydrogens is 1090 g/mol. The number of hydrogen-bond donors (Lipinski definition) is 6. The molecule has 3 heterocycles. The first kappa shape index (κ1) is 68.5. The minimum Gasteiger partial charge on any atom is -0.464 e. The number of esters is 3. The van der Waals surface area contributed by atoms with Crippen molar-refractivity contribution in [3.8, 4) is 0 Å². The Hall–Kier alpha value is -3.03. The number of aliphatic hydroxyl groups excluding tert-OH is 3. The van der Waals surface area contributed by atoms with Gasteiger partial charge >= 0.3 is 17.9 Å². The fraction of sp³-hybridized carbons (Fsp3) is 0.873. The van der Waals surface area contributed by atoms with Gasteiger partial charge in [-0.15, -0.1) is 0 Å². The molecule has 21 heteroatoms. The predicted molar refractivity (Wildman–Crippen MR) is 306 cm³/mol. The Kier molecular flexibility index (Phi) is 21.0. The number of hydrogen-bond acceptors (Lipinski definition) is 20. The summed E-state index contributed by atoms with van der Waals surface area (Å²) in [6, 6.07) is -1.05. The lowest BCUT2D eigenvalue weighted by molar-refractivity contribution is -0.318. The average molecular weight is 1200 g/mol. The summed E-state index contributed by atoms with van der Waals surface area (Å²) in [5, 5.41) is 71.9. The normalized spacial score (nSPS) is 48.0. The van der Waals surface area contributed by atoms with Gasteiger partial charge in [-0.05, 0) is 171 Å². The second-order valence-corrected chi connectivity index (χ2v) is 27.7. The zero-order valence-electron chi connectivity index (χ0n) is 52.9. The summed E-state index contributed by atoms with van der Waals surface area (Å²) in [5.41, 5.74) is -10.7. The monoisotopic (exact) mass is 1190 g/mol. The molecule has 7 aliphatic rings. The SMILES string of the molecule is CC[C@H]1OC(=O)[C@H](C)[C@@H](OC2C[C@](C)(OC)[C@H](O)C(C)O2)[C@H](C)[C@@H](OC2OC(C)C[C@@H](N(C)C)[C@H]2OC(=O)CCCCOC(=O)[C@@]2(O)[C@H](C)CC3C4CCC5=CC(=O)C=C[C@]5(C)[C@@]4(F)[C@@H](O)C[C@@]32C)[C@](C)(O)CCCN(C)[C@H](C)[C@@H](O)[C@]1(C)O. The average Bonchev–Trinajstić information content (AvgIpc) is 1.35. The van der Waals surface area contributed by atoms with E-state index in [9.17, 15) is 49.8 Å². The molecule has 20 nitrogen and oxygen atoms in total. The van der Waals surface area contributed by atoms with Gasteiger partial charge in [-0.25, -0.2) is 9.18 Å². The minimum atomic E-state index is -2.13. The molecule has 0 aromatic rings. The lowest BCUT2D eigenvalue weighted by Crippen LogP contribution is -2.69. The molecular formula is C63H103FN2O18. The molecule has 3 aliphatic heterocycles. The van der Waals surface area contributed by atoms with E-state index in [1.54, 1.807) is 82.4 Å². The van der Waals surface area contributed by atoms with E-state index in [4.69, 9.17) is 37.9 Å². The zero-order chi connectivity index (χ0) is 62.6. The standard InChI is InChI=1S/C63H103FN2O18/c1-17-46-61(12,75)51(70)38(6)66(15)27-20-25-59(10,74)53(36(4)49(37(5)54(72)81-46)83-48-33-60(11,77-16)52(71)39(7)80-48)84-55-50(44(65(13)14)30-35(3)79-55)82-47(69)21-18-19-28-78-56(73)63(76)34(2)29-43-42-23-22-40-31-41(67)24-26-57(40,8)62(42,64)45(68)32-58(43,63)9/h24,26,31,34-39,42-46,48-53,55,68,70-71,74-76H,17-23,25,27-30,32-33H2,1-16H3/t34-,35?,36+,37-,38-,39?,42?,43?,44-,45+,46-,48?,49+,50-,51-,52-,53-,55?,57+,58+,59-,60+,61-,62+,63+/m1/s1. The summed E-state index contributed by atoms with van der Waals surface area (Å²) < 4.78 is 68.6. The van der Waals surface area contributed by atoms with Gasteiger partial charge < -0.3 is 78.3 Å². The molecule has 0 spiro atoms. The van der Waals surface area contributed by atoms with Crippen LogP contribution >= 0.6 is 0 Å². The highest BCUT2D eigenvalue weighted by Crippen LogP contribution is 2.71. The third-order valence-corrected chi connectivity index (χ3v) is 21.8. The zero-order valence-corrected chi connectivity index (χ0v) is 52.9. The predicted octanol–water partition coefficient (Wildman–Crippen LogP) is 5.27.